The molecule has 0 aliphatic heterocycles. The molecule has 1 heterocycles. The van der Waals surface area contributed by atoms with Gasteiger partial charge in [-0.1, -0.05) is 0 Å². The van der Waals surface area contributed by atoms with Crippen LogP contribution in [0.15, 0.2) is 16.7 Å². The Morgan fingerprint density at radius 1 is 1.69 bits per heavy atom. The summed E-state index contributed by atoms with van der Waals surface area (Å²) in [5.74, 6) is 0. The molecular formula is C9H13BrN2O. The summed E-state index contributed by atoms with van der Waals surface area (Å²) in [4.78, 5) is 4.16. The predicted molar refractivity (Wildman–Crippen MR) is 55.6 cm³/mol. The number of aliphatic hydroxyl groups is 1. The maximum absolute atomic E-state index is 9.65. The Morgan fingerprint density at radius 3 is 2.92 bits per heavy atom. The van der Waals surface area contributed by atoms with Gasteiger partial charge >= 0.3 is 0 Å². The number of hydrogen-bond donors (Lipinski definition) is 2. The maximum atomic E-state index is 9.65. The van der Waals surface area contributed by atoms with Gasteiger partial charge in [0.05, 0.1) is 5.69 Å². The minimum absolute atomic E-state index is 0.523. The summed E-state index contributed by atoms with van der Waals surface area (Å²) in [6.45, 7) is 2.46. The smallest absolute Gasteiger partial charge is 0.109 e. The van der Waals surface area contributed by atoms with Crippen LogP contribution in [0, 0.1) is 6.92 Å². The molecule has 1 unspecified atom stereocenters. The van der Waals surface area contributed by atoms with Crippen LogP contribution in [0.25, 0.3) is 0 Å². The van der Waals surface area contributed by atoms with E-state index in [1.807, 2.05) is 13.0 Å². The third kappa shape index (κ3) is 2.76. The van der Waals surface area contributed by atoms with Gasteiger partial charge < -0.3 is 10.4 Å². The number of likely N-dealkylation sites (N-methyl/N-ethyl adjacent to an activating group) is 1. The molecule has 72 valence electrons. The first-order valence-electron chi connectivity index (χ1n) is 4.10. The third-order valence-electron chi connectivity index (χ3n) is 1.80. The first-order valence-corrected chi connectivity index (χ1v) is 4.89. The lowest BCUT2D eigenvalue weighted by Gasteiger charge is -2.11. The average molecular weight is 245 g/mol. The van der Waals surface area contributed by atoms with E-state index in [4.69, 9.17) is 0 Å². The number of aryl methyl sites for hydroxylation is 1. The number of aliphatic hydroxyl groups excluding tert-OH is 1. The number of halogens is 1. The van der Waals surface area contributed by atoms with Crippen LogP contribution in [0.1, 0.15) is 17.4 Å². The fourth-order valence-corrected chi connectivity index (χ4v) is 1.64. The normalized spacial score (nSPS) is 12.9. The Bertz CT molecular complexity index is 291. The van der Waals surface area contributed by atoms with Gasteiger partial charge in [-0.15, -0.1) is 0 Å². The van der Waals surface area contributed by atoms with Gasteiger partial charge in [-0.3, -0.25) is 4.98 Å². The fraction of sp³-hybridized carbons (Fsp3) is 0.444. The van der Waals surface area contributed by atoms with Crippen LogP contribution in [0.5, 0.6) is 0 Å². The molecular weight excluding hydrogens is 232 g/mol. The molecule has 0 aliphatic rings. The van der Waals surface area contributed by atoms with E-state index >= 15 is 0 Å². The van der Waals surface area contributed by atoms with Crippen molar-refractivity contribution in [2.45, 2.75) is 13.0 Å². The highest BCUT2D eigenvalue weighted by atomic mass is 79.9. The topological polar surface area (TPSA) is 45.1 Å². The Hall–Kier alpha value is -0.450. The summed E-state index contributed by atoms with van der Waals surface area (Å²) < 4.78 is 0.936. The molecule has 13 heavy (non-hydrogen) atoms. The first-order chi connectivity index (χ1) is 6.15. The van der Waals surface area contributed by atoms with E-state index in [1.54, 1.807) is 13.2 Å². The molecule has 0 saturated heterocycles. The molecule has 1 aromatic heterocycles. The number of nitrogens with zero attached hydrogens (tertiary/aromatic N) is 1. The Morgan fingerprint density at radius 2 is 2.38 bits per heavy atom. The van der Waals surface area contributed by atoms with Gasteiger partial charge in [0.15, 0.2) is 0 Å². The molecule has 1 aromatic rings. The van der Waals surface area contributed by atoms with Crippen LogP contribution in [-0.2, 0) is 0 Å². The molecule has 0 bridgehead atoms. The zero-order valence-corrected chi connectivity index (χ0v) is 9.30. The summed E-state index contributed by atoms with van der Waals surface area (Å²) in [6.07, 6.45) is 1.17. The van der Waals surface area contributed by atoms with Crippen molar-refractivity contribution in [1.29, 1.82) is 0 Å². The van der Waals surface area contributed by atoms with Crippen molar-refractivity contribution in [3.05, 3.63) is 28.0 Å². The van der Waals surface area contributed by atoms with Gasteiger partial charge in [0, 0.05) is 17.2 Å². The Labute approximate surface area is 86.3 Å². The molecule has 0 aromatic carbocycles. The van der Waals surface area contributed by atoms with Gasteiger partial charge in [0.2, 0.25) is 0 Å². The molecule has 0 fully saturated rings. The largest absolute Gasteiger partial charge is 0.385 e. The maximum Gasteiger partial charge on any atom is 0.109 e. The van der Waals surface area contributed by atoms with E-state index in [9.17, 15) is 5.11 Å². The highest BCUT2D eigenvalue weighted by Gasteiger charge is 2.10. The van der Waals surface area contributed by atoms with Crippen LogP contribution in [0.2, 0.25) is 0 Å². The summed E-state index contributed by atoms with van der Waals surface area (Å²) in [7, 11) is 1.80. The van der Waals surface area contributed by atoms with Crippen LogP contribution >= 0.6 is 15.9 Å². The average Bonchev–Trinajstić information content (AvgIpc) is 2.04. The SMILES string of the molecule is CNCC(O)c1ncc(Br)cc1C. The van der Waals surface area contributed by atoms with E-state index in [2.05, 4.69) is 26.2 Å². The standard InChI is InChI=1S/C9H13BrN2O/c1-6-3-7(10)4-12-9(6)8(13)5-11-2/h3-4,8,11,13H,5H2,1-2H3. The van der Waals surface area contributed by atoms with E-state index in [0.29, 0.717) is 6.54 Å². The van der Waals surface area contributed by atoms with Crippen LogP contribution in [-0.4, -0.2) is 23.7 Å². The second-order valence-electron chi connectivity index (χ2n) is 2.93. The van der Waals surface area contributed by atoms with E-state index in [1.165, 1.54) is 0 Å². The van der Waals surface area contributed by atoms with Crippen LogP contribution in [0.4, 0.5) is 0 Å². The summed E-state index contributed by atoms with van der Waals surface area (Å²) >= 11 is 3.32. The second kappa shape index (κ2) is 4.69. The van der Waals surface area contributed by atoms with Crippen molar-refractivity contribution in [2.75, 3.05) is 13.6 Å². The van der Waals surface area contributed by atoms with Gasteiger partial charge in [-0.25, -0.2) is 0 Å². The molecule has 2 N–H and O–H groups in total. The van der Waals surface area contributed by atoms with Crippen LogP contribution in [0.3, 0.4) is 0 Å². The molecule has 4 heteroatoms. The van der Waals surface area contributed by atoms with Gasteiger partial charge in [0.1, 0.15) is 6.10 Å². The summed E-state index contributed by atoms with van der Waals surface area (Å²) in [5.41, 5.74) is 1.73. The van der Waals surface area contributed by atoms with Crippen molar-refractivity contribution < 1.29 is 5.11 Å². The monoisotopic (exact) mass is 244 g/mol. The lowest BCUT2D eigenvalue weighted by atomic mass is 10.1. The number of pyridine rings is 1. The quantitative estimate of drug-likeness (QED) is 0.846. The highest BCUT2D eigenvalue weighted by Crippen LogP contribution is 2.18. The van der Waals surface area contributed by atoms with Crippen molar-refractivity contribution >= 4 is 15.9 Å². The Balaban J connectivity index is 2.88. The number of rotatable bonds is 3. The van der Waals surface area contributed by atoms with Gasteiger partial charge in [-0.05, 0) is 41.5 Å². The Kier molecular flexibility index (Phi) is 3.84. The molecule has 0 radical (unpaired) electrons. The first kappa shape index (κ1) is 10.6. The molecule has 0 aliphatic carbocycles. The van der Waals surface area contributed by atoms with Crippen molar-refractivity contribution in [3.63, 3.8) is 0 Å². The van der Waals surface area contributed by atoms with Crippen molar-refractivity contribution in [3.8, 4) is 0 Å². The molecule has 0 spiro atoms. The number of hydrogen-bond acceptors (Lipinski definition) is 3. The molecule has 1 rings (SSSR count). The van der Waals surface area contributed by atoms with Gasteiger partial charge in [0.25, 0.3) is 0 Å². The number of aromatic nitrogens is 1. The molecule has 1 atom stereocenters. The predicted octanol–water partition coefficient (Wildman–Crippen LogP) is 1.41. The van der Waals surface area contributed by atoms with Crippen molar-refractivity contribution in [1.82, 2.24) is 10.3 Å². The molecule has 0 amide bonds. The number of nitrogens with one attached hydrogen (secondary N) is 1. The lowest BCUT2D eigenvalue weighted by molar-refractivity contribution is 0.172. The molecule has 3 nitrogen and oxygen atoms in total. The van der Waals surface area contributed by atoms with Crippen molar-refractivity contribution in [2.24, 2.45) is 0 Å². The minimum atomic E-state index is -0.530. The van der Waals surface area contributed by atoms with E-state index in [-0.39, 0.29) is 0 Å². The van der Waals surface area contributed by atoms with E-state index in [0.717, 1.165) is 15.7 Å². The summed E-state index contributed by atoms with van der Waals surface area (Å²) in [5, 5.41) is 12.6. The minimum Gasteiger partial charge on any atom is -0.385 e. The molecule has 0 saturated carbocycles. The van der Waals surface area contributed by atoms with Crippen LogP contribution < -0.4 is 5.32 Å². The third-order valence-corrected chi connectivity index (χ3v) is 2.23. The summed E-state index contributed by atoms with van der Waals surface area (Å²) in [6, 6.07) is 1.95. The zero-order valence-electron chi connectivity index (χ0n) is 7.71. The lowest BCUT2D eigenvalue weighted by Crippen LogP contribution is -2.18. The second-order valence-corrected chi connectivity index (χ2v) is 3.84. The fourth-order valence-electron chi connectivity index (χ4n) is 1.19. The highest BCUT2D eigenvalue weighted by molar-refractivity contribution is 9.10. The zero-order chi connectivity index (χ0) is 9.84. The van der Waals surface area contributed by atoms with Gasteiger partial charge in [-0.2, -0.15) is 0 Å². The van der Waals surface area contributed by atoms with E-state index < -0.39 is 6.10 Å².